The zero-order valence-corrected chi connectivity index (χ0v) is 17.1. The molecule has 0 amide bonds. The zero-order valence-electron chi connectivity index (χ0n) is 16.3. The van der Waals surface area contributed by atoms with Gasteiger partial charge in [0.2, 0.25) is 0 Å². The van der Waals surface area contributed by atoms with E-state index >= 15 is 0 Å². The van der Waals surface area contributed by atoms with Gasteiger partial charge in [-0.25, -0.2) is 0 Å². The van der Waals surface area contributed by atoms with Crippen LogP contribution in [0.1, 0.15) is 16.5 Å². The fourth-order valence-electron chi connectivity index (χ4n) is 3.04. The lowest BCUT2D eigenvalue weighted by Crippen LogP contribution is -2.33. The molecular formula is C22H25NO5S. The van der Waals surface area contributed by atoms with Crippen LogP contribution < -0.4 is 19.5 Å². The minimum absolute atomic E-state index is 0.0799. The van der Waals surface area contributed by atoms with Crippen molar-refractivity contribution in [1.82, 2.24) is 5.32 Å². The molecule has 2 aromatic carbocycles. The van der Waals surface area contributed by atoms with Crippen LogP contribution in [0, 0.1) is 0 Å². The van der Waals surface area contributed by atoms with Gasteiger partial charge >= 0.3 is 5.97 Å². The maximum absolute atomic E-state index is 11.1. The molecule has 1 fully saturated rings. The van der Waals surface area contributed by atoms with Gasteiger partial charge < -0.3 is 19.3 Å². The Morgan fingerprint density at radius 3 is 2.66 bits per heavy atom. The number of rotatable bonds is 10. The maximum atomic E-state index is 11.1. The molecule has 1 saturated heterocycles. The van der Waals surface area contributed by atoms with Crippen molar-refractivity contribution in [2.75, 3.05) is 26.1 Å². The zero-order chi connectivity index (χ0) is 20.6. The summed E-state index contributed by atoms with van der Waals surface area (Å²) in [6, 6.07) is 13.0. The molecule has 1 heterocycles. The fraction of sp³-hybridized carbons (Fsp3) is 0.318. The van der Waals surface area contributed by atoms with Gasteiger partial charge in [-0.3, -0.25) is 10.1 Å². The minimum Gasteiger partial charge on any atom is -0.493 e. The highest BCUT2D eigenvalue weighted by molar-refractivity contribution is 7.99. The van der Waals surface area contributed by atoms with Crippen LogP contribution >= 0.6 is 11.8 Å². The van der Waals surface area contributed by atoms with Gasteiger partial charge in [-0.2, -0.15) is 0 Å². The molecule has 29 heavy (non-hydrogen) atoms. The highest BCUT2D eigenvalue weighted by atomic mass is 32.2. The molecule has 0 bridgehead atoms. The van der Waals surface area contributed by atoms with Crippen molar-refractivity contribution >= 4 is 17.7 Å². The first-order chi connectivity index (χ1) is 14.1. The third kappa shape index (κ3) is 5.46. The number of thioether (sulfide) groups is 1. The summed E-state index contributed by atoms with van der Waals surface area (Å²) in [4.78, 5) is 11.1. The van der Waals surface area contributed by atoms with E-state index in [1.807, 2.05) is 48.5 Å². The van der Waals surface area contributed by atoms with E-state index in [1.54, 1.807) is 18.9 Å². The smallest absolute Gasteiger partial charge is 0.321 e. The lowest BCUT2D eigenvalue weighted by molar-refractivity contribution is -0.138. The molecule has 0 aliphatic carbocycles. The van der Waals surface area contributed by atoms with Gasteiger partial charge in [0.25, 0.3) is 0 Å². The second kappa shape index (κ2) is 10.2. The summed E-state index contributed by atoms with van der Waals surface area (Å²) in [5.41, 5.74) is 2.04. The lowest BCUT2D eigenvalue weighted by atomic mass is 10.1. The Kier molecular flexibility index (Phi) is 7.43. The molecule has 7 heteroatoms. The monoisotopic (exact) mass is 415 g/mol. The molecule has 2 unspecified atom stereocenters. The topological polar surface area (TPSA) is 77.0 Å². The van der Waals surface area contributed by atoms with E-state index in [0.717, 1.165) is 23.3 Å². The van der Waals surface area contributed by atoms with E-state index in [9.17, 15) is 4.79 Å². The van der Waals surface area contributed by atoms with Crippen LogP contribution in [0.5, 0.6) is 17.2 Å². The van der Waals surface area contributed by atoms with Gasteiger partial charge in [0, 0.05) is 5.75 Å². The first kappa shape index (κ1) is 21.1. The van der Waals surface area contributed by atoms with Crippen molar-refractivity contribution in [3.63, 3.8) is 0 Å². The Morgan fingerprint density at radius 2 is 1.97 bits per heavy atom. The number of ether oxygens (including phenoxy) is 3. The Morgan fingerprint density at radius 1 is 1.21 bits per heavy atom. The van der Waals surface area contributed by atoms with Crippen molar-refractivity contribution in [3.05, 3.63) is 66.2 Å². The molecule has 3 rings (SSSR count). The predicted octanol–water partition coefficient (Wildman–Crippen LogP) is 3.67. The summed E-state index contributed by atoms with van der Waals surface area (Å²) in [5, 5.41) is 12.2. The Labute approximate surface area is 174 Å². The molecule has 2 atom stereocenters. The lowest BCUT2D eigenvalue weighted by Gasteiger charge is -2.16. The maximum Gasteiger partial charge on any atom is 0.321 e. The summed E-state index contributed by atoms with van der Waals surface area (Å²) in [6.07, 6.45) is 2.60. The third-order valence-electron chi connectivity index (χ3n) is 4.51. The van der Waals surface area contributed by atoms with Crippen LogP contribution in [0.4, 0.5) is 0 Å². The number of carboxylic acid groups (broad SMARTS) is 1. The molecule has 0 spiro atoms. The third-order valence-corrected chi connectivity index (χ3v) is 5.77. The van der Waals surface area contributed by atoms with Gasteiger partial charge in [0.15, 0.2) is 11.5 Å². The van der Waals surface area contributed by atoms with Crippen LogP contribution in [-0.2, 0) is 11.2 Å². The standard InChI is InChI=1S/C22H25NO5S/c1-3-6-15-7-4-5-8-18(15)27-11-12-28-19-10-9-16(13-20(19)26-2)21-23-17(14-29-21)22(24)25/h3-5,7-10,13,17,21,23H,1,6,11-12,14H2,2H3,(H,24,25). The molecule has 1 aliphatic heterocycles. The van der Waals surface area contributed by atoms with Crippen molar-refractivity contribution in [3.8, 4) is 17.2 Å². The highest BCUT2D eigenvalue weighted by Gasteiger charge is 2.30. The Bertz CT molecular complexity index is 857. The van der Waals surface area contributed by atoms with Crippen molar-refractivity contribution < 1.29 is 24.1 Å². The van der Waals surface area contributed by atoms with Gasteiger partial charge in [0.1, 0.15) is 25.0 Å². The van der Waals surface area contributed by atoms with E-state index < -0.39 is 12.0 Å². The van der Waals surface area contributed by atoms with Crippen LogP contribution in [0.25, 0.3) is 0 Å². The van der Waals surface area contributed by atoms with Gasteiger partial charge in [-0.05, 0) is 35.7 Å². The number of hydrogen-bond donors (Lipinski definition) is 2. The van der Waals surface area contributed by atoms with Crippen LogP contribution in [0.3, 0.4) is 0 Å². The van der Waals surface area contributed by atoms with Gasteiger partial charge in [-0.15, -0.1) is 18.3 Å². The van der Waals surface area contributed by atoms with Crippen molar-refractivity contribution in [2.45, 2.75) is 17.8 Å². The Balaban J connectivity index is 1.56. The van der Waals surface area contributed by atoms with E-state index in [4.69, 9.17) is 19.3 Å². The van der Waals surface area contributed by atoms with E-state index in [1.165, 1.54) is 0 Å². The molecule has 2 N–H and O–H groups in total. The Hall–Kier alpha value is -2.64. The number of aliphatic carboxylic acids is 1. The normalized spacial score (nSPS) is 18.2. The number of hydrogen-bond acceptors (Lipinski definition) is 6. The number of carboxylic acids is 1. The van der Waals surface area contributed by atoms with E-state index in [2.05, 4.69) is 11.9 Å². The van der Waals surface area contributed by atoms with Crippen LogP contribution in [0.15, 0.2) is 55.1 Å². The number of para-hydroxylation sites is 1. The second-order valence-electron chi connectivity index (χ2n) is 6.48. The molecular weight excluding hydrogens is 390 g/mol. The average Bonchev–Trinajstić information content (AvgIpc) is 3.23. The average molecular weight is 416 g/mol. The largest absolute Gasteiger partial charge is 0.493 e. The van der Waals surface area contributed by atoms with Gasteiger partial charge in [0.05, 0.1) is 12.5 Å². The summed E-state index contributed by atoms with van der Waals surface area (Å²) in [7, 11) is 1.59. The number of allylic oxidation sites excluding steroid dienone is 1. The van der Waals surface area contributed by atoms with Crippen LogP contribution in [-0.4, -0.2) is 43.2 Å². The molecule has 1 aliphatic rings. The fourth-order valence-corrected chi connectivity index (χ4v) is 4.27. The van der Waals surface area contributed by atoms with Crippen LogP contribution in [0.2, 0.25) is 0 Å². The molecule has 154 valence electrons. The summed E-state index contributed by atoms with van der Waals surface area (Å²) >= 11 is 1.57. The SMILES string of the molecule is C=CCc1ccccc1OCCOc1ccc(C2NC(C(=O)O)CS2)cc1OC. The number of methoxy groups -OCH3 is 1. The van der Waals surface area contributed by atoms with Crippen molar-refractivity contribution in [2.24, 2.45) is 0 Å². The summed E-state index contributed by atoms with van der Waals surface area (Å²) in [5.74, 6) is 1.76. The molecule has 6 nitrogen and oxygen atoms in total. The second-order valence-corrected chi connectivity index (χ2v) is 7.62. The number of carbonyl (C=O) groups is 1. The highest BCUT2D eigenvalue weighted by Crippen LogP contribution is 2.37. The van der Waals surface area contributed by atoms with Crippen molar-refractivity contribution in [1.29, 1.82) is 0 Å². The van der Waals surface area contributed by atoms with E-state index in [-0.39, 0.29) is 5.37 Å². The number of benzene rings is 2. The summed E-state index contributed by atoms with van der Waals surface area (Å²) in [6.45, 7) is 4.54. The predicted molar refractivity (Wildman–Crippen MR) is 114 cm³/mol. The molecule has 0 radical (unpaired) electrons. The molecule has 0 saturated carbocycles. The quantitative estimate of drug-likeness (QED) is 0.453. The number of nitrogens with one attached hydrogen (secondary N) is 1. The molecule has 0 aromatic heterocycles. The summed E-state index contributed by atoms with van der Waals surface area (Å²) < 4.78 is 17.1. The first-order valence-corrected chi connectivity index (χ1v) is 10.4. The molecule has 2 aromatic rings. The van der Waals surface area contributed by atoms with E-state index in [0.29, 0.717) is 30.5 Å². The van der Waals surface area contributed by atoms with Gasteiger partial charge in [-0.1, -0.05) is 30.3 Å². The minimum atomic E-state index is -0.832. The first-order valence-electron chi connectivity index (χ1n) is 9.35.